The fraction of sp³-hybridized carbons (Fsp3) is 1.00. The zero-order chi connectivity index (χ0) is 14.7. The molecule has 0 aromatic carbocycles. The zero-order valence-corrected chi connectivity index (χ0v) is 14.3. The van der Waals surface area contributed by atoms with Gasteiger partial charge in [0.15, 0.2) is 0 Å². The van der Waals surface area contributed by atoms with E-state index in [1.807, 2.05) is 0 Å². The number of nitrogens with zero attached hydrogens (tertiary/aromatic N) is 1. The van der Waals surface area contributed by atoms with Crippen LogP contribution in [0.2, 0.25) is 0 Å². The van der Waals surface area contributed by atoms with Crippen molar-refractivity contribution < 1.29 is 0 Å². The van der Waals surface area contributed by atoms with Gasteiger partial charge in [0.05, 0.1) is 0 Å². The third-order valence-corrected chi connectivity index (χ3v) is 6.24. The Kier molecular flexibility index (Phi) is 5.61. The third-order valence-electron chi connectivity index (χ3n) is 6.24. The molecule has 2 nitrogen and oxygen atoms in total. The summed E-state index contributed by atoms with van der Waals surface area (Å²) in [5.41, 5.74) is 0. The van der Waals surface area contributed by atoms with E-state index in [0.717, 1.165) is 30.0 Å². The van der Waals surface area contributed by atoms with E-state index in [-0.39, 0.29) is 0 Å². The van der Waals surface area contributed by atoms with Crippen LogP contribution in [0.5, 0.6) is 0 Å². The van der Waals surface area contributed by atoms with Crippen LogP contribution in [0.15, 0.2) is 0 Å². The lowest BCUT2D eigenvalue weighted by atomic mass is 9.88. The van der Waals surface area contributed by atoms with E-state index in [4.69, 9.17) is 0 Å². The van der Waals surface area contributed by atoms with Gasteiger partial charge in [0.2, 0.25) is 0 Å². The summed E-state index contributed by atoms with van der Waals surface area (Å²) in [5, 5.41) is 4.03. The summed E-state index contributed by atoms with van der Waals surface area (Å²) in [6.45, 7) is 7.52. The standard InChI is InChI=1S/C19H36N2/c1-3-4-7-16-12-19(20-18-8-5-6-9-18)14-21(13-16)15(2)17-10-11-17/h15-20H,3-14H2,1-2H3. The molecule has 3 rings (SSSR count). The lowest BCUT2D eigenvalue weighted by Gasteiger charge is -2.42. The number of rotatable bonds is 7. The van der Waals surface area contributed by atoms with E-state index in [2.05, 4.69) is 24.1 Å². The average Bonchev–Trinajstić information content (AvgIpc) is 3.22. The number of piperidine rings is 1. The van der Waals surface area contributed by atoms with Crippen LogP contribution in [0.1, 0.15) is 78.1 Å². The van der Waals surface area contributed by atoms with Crippen molar-refractivity contribution >= 4 is 0 Å². The maximum atomic E-state index is 4.03. The Hall–Kier alpha value is -0.0800. The molecule has 21 heavy (non-hydrogen) atoms. The molecule has 3 fully saturated rings. The Morgan fingerprint density at radius 2 is 1.81 bits per heavy atom. The maximum Gasteiger partial charge on any atom is 0.0200 e. The highest BCUT2D eigenvalue weighted by molar-refractivity contribution is 4.92. The van der Waals surface area contributed by atoms with Crippen molar-refractivity contribution in [2.75, 3.05) is 13.1 Å². The molecule has 0 radical (unpaired) electrons. The molecule has 1 aliphatic heterocycles. The molecule has 2 aliphatic carbocycles. The quantitative estimate of drug-likeness (QED) is 0.756. The van der Waals surface area contributed by atoms with Gasteiger partial charge in [-0.05, 0) is 57.3 Å². The van der Waals surface area contributed by atoms with Crippen molar-refractivity contribution in [3.05, 3.63) is 0 Å². The molecule has 2 saturated carbocycles. The van der Waals surface area contributed by atoms with Crippen LogP contribution in [0.25, 0.3) is 0 Å². The van der Waals surface area contributed by atoms with Crippen molar-refractivity contribution in [3.63, 3.8) is 0 Å². The van der Waals surface area contributed by atoms with E-state index < -0.39 is 0 Å². The first-order valence-corrected chi connectivity index (χ1v) is 9.76. The van der Waals surface area contributed by atoms with Crippen molar-refractivity contribution in [2.24, 2.45) is 11.8 Å². The summed E-state index contributed by atoms with van der Waals surface area (Å²) >= 11 is 0. The summed E-state index contributed by atoms with van der Waals surface area (Å²) in [5.74, 6) is 1.96. The molecule has 3 unspecified atom stereocenters. The molecule has 1 heterocycles. The summed E-state index contributed by atoms with van der Waals surface area (Å²) < 4.78 is 0. The number of unbranched alkanes of at least 4 members (excludes halogenated alkanes) is 1. The van der Waals surface area contributed by atoms with Crippen molar-refractivity contribution in [3.8, 4) is 0 Å². The molecule has 0 aromatic heterocycles. The van der Waals surface area contributed by atoms with Gasteiger partial charge in [-0.1, -0.05) is 32.6 Å². The smallest absolute Gasteiger partial charge is 0.0200 e. The molecule has 0 amide bonds. The Morgan fingerprint density at radius 3 is 2.48 bits per heavy atom. The highest BCUT2D eigenvalue weighted by atomic mass is 15.2. The molecule has 122 valence electrons. The molecule has 3 atom stereocenters. The zero-order valence-electron chi connectivity index (χ0n) is 14.3. The van der Waals surface area contributed by atoms with Gasteiger partial charge in [0.25, 0.3) is 0 Å². The first-order chi connectivity index (χ1) is 10.3. The fourth-order valence-corrected chi connectivity index (χ4v) is 4.70. The lowest BCUT2D eigenvalue weighted by molar-refractivity contribution is 0.0861. The monoisotopic (exact) mass is 292 g/mol. The van der Waals surface area contributed by atoms with Gasteiger partial charge >= 0.3 is 0 Å². The van der Waals surface area contributed by atoms with Crippen LogP contribution >= 0.6 is 0 Å². The van der Waals surface area contributed by atoms with Crippen LogP contribution < -0.4 is 5.32 Å². The molecule has 0 bridgehead atoms. The number of hydrogen-bond donors (Lipinski definition) is 1. The summed E-state index contributed by atoms with van der Waals surface area (Å²) in [6, 6.07) is 2.44. The van der Waals surface area contributed by atoms with Gasteiger partial charge in [0.1, 0.15) is 0 Å². The van der Waals surface area contributed by atoms with E-state index >= 15 is 0 Å². The molecule has 1 N–H and O–H groups in total. The summed E-state index contributed by atoms with van der Waals surface area (Å²) in [7, 11) is 0. The highest BCUT2D eigenvalue weighted by Crippen LogP contribution is 2.37. The second-order valence-electron chi connectivity index (χ2n) is 8.12. The van der Waals surface area contributed by atoms with Gasteiger partial charge in [-0.25, -0.2) is 0 Å². The minimum atomic E-state index is 0.768. The molecule has 1 saturated heterocycles. The van der Waals surface area contributed by atoms with Crippen LogP contribution in [0, 0.1) is 11.8 Å². The van der Waals surface area contributed by atoms with E-state index in [9.17, 15) is 0 Å². The van der Waals surface area contributed by atoms with Crippen molar-refractivity contribution in [1.82, 2.24) is 10.2 Å². The Bertz CT molecular complexity index is 307. The molecule has 0 spiro atoms. The minimum absolute atomic E-state index is 0.768. The second kappa shape index (κ2) is 7.46. The van der Waals surface area contributed by atoms with Gasteiger partial charge in [-0.2, -0.15) is 0 Å². The Morgan fingerprint density at radius 1 is 1.05 bits per heavy atom. The predicted molar refractivity (Wildman–Crippen MR) is 90.6 cm³/mol. The fourth-order valence-electron chi connectivity index (χ4n) is 4.70. The molecule has 0 aromatic rings. The normalized spacial score (nSPS) is 33.4. The summed E-state index contributed by atoms with van der Waals surface area (Å²) in [4.78, 5) is 2.84. The van der Waals surface area contributed by atoms with Gasteiger partial charge < -0.3 is 5.32 Å². The van der Waals surface area contributed by atoms with Gasteiger partial charge in [-0.3, -0.25) is 4.90 Å². The van der Waals surface area contributed by atoms with Gasteiger partial charge in [-0.15, -0.1) is 0 Å². The molecule has 2 heteroatoms. The van der Waals surface area contributed by atoms with Crippen LogP contribution in [0.4, 0.5) is 0 Å². The van der Waals surface area contributed by atoms with E-state index in [0.29, 0.717) is 0 Å². The van der Waals surface area contributed by atoms with Crippen LogP contribution in [0.3, 0.4) is 0 Å². The van der Waals surface area contributed by atoms with Crippen molar-refractivity contribution in [2.45, 2.75) is 96.2 Å². The summed E-state index contributed by atoms with van der Waals surface area (Å²) in [6.07, 6.45) is 14.4. The van der Waals surface area contributed by atoms with Crippen molar-refractivity contribution in [1.29, 1.82) is 0 Å². The van der Waals surface area contributed by atoms with Gasteiger partial charge in [0, 0.05) is 31.2 Å². The maximum absolute atomic E-state index is 4.03. The molecule has 3 aliphatic rings. The molecular weight excluding hydrogens is 256 g/mol. The Balaban J connectivity index is 1.55. The largest absolute Gasteiger partial charge is 0.310 e. The minimum Gasteiger partial charge on any atom is -0.310 e. The van der Waals surface area contributed by atoms with Crippen LogP contribution in [-0.2, 0) is 0 Å². The first-order valence-electron chi connectivity index (χ1n) is 9.76. The van der Waals surface area contributed by atoms with E-state index in [1.165, 1.54) is 77.3 Å². The predicted octanol–water partition coefficient (Wildman–Crippen LogP) is 4.20. The van der Waals surface area contributed by atoms with E-state index in [1.54, 1.807) is 0 Å². The average molecular weight is 293 g/mol. The second-order valence-corrected chi connectivity index (χ2v) is 8.12. The topological polar surface area (TPSA) is 15.3 Å². The SMILES string of the molecule is CCCCC1CC(NC2CCCC2)CN(C(C)C2CC2)C1. The Labute approximate surface area is 132 Å². The number of hydrogen-bond acceptors (Lipinski definition) is 2. The highest BCUT2D eigenvalue weighted by Gasteiger charge is 2.37. The lowest BCUT2D eigenvalue weighted by Crippen LogP contribution is -2.54. The molecular formula is C19H36N2. The van der Waals surface area contributed by atoms with Crippen LogP contribution in [-0.4, -0.2) is 36.1 Å². The first kappa shape index (κ1) is 15.8. The third kappa shape index (κ3) is 4.45. The number of nitrogens with one attached hydrogen (secondary N) is 1. The number of likely N-dealkylation sites (tertiary alicyclic amines) is 1.